The fourth-order valence-electron chi connectivity index (χ4n) is 2.92. The molecule has 23 heavy (non-hydrogen) atoms. The normalized spacial score (nSPS) is 17.3. The van der Waals surface area contributed by atoms with Crippen LogP contribution in [0.5, 0.6) is 0 Å². The summed E-state index contributed by atoms with van der Waals surface area (Å²) in [6.45, 7) is 3.55. The Kier molecular flexibility index (Phi) is 5.16. The van der Waals surface area contributed by atoms with Crippen LogP contribution in [0.25, 0.3) is 0 Å². The minimum absolute atomic E-state index is 0.102. The topological polar surface area (TPSA) is 32.5 Å². The van der Waals surface area contributed by atoms with Crippen LogP contribution >= 0.6 is 11.6 Å². The molecule has 5 heteroatoms. The fourth-order valence-corrected chi connectivity index (χ4v) is 3.10. The molecule has 1 atom stereocenters. The second-order valence-corrected chi connectivity index (χ2v) is 6.09. The van der Waals surface area contributed by atoms with Crippen molar-refractivity contribution in [1.82, 2.24) is 4.90 Å². The Morgan fingerprint density at radius 2 is 1.57 bits per heavy atom. The van der Waals surface area contributed by atoms with Crippen molar-refractivity contribution in [2.75, 3.05) is 31.1 Å². The van der Waals surface area contributed by atoms with Gasteiger partial charge in [-0.2, -0.15) is 0 Å². The van der Waals surface area contributed by atoms with Gasteiger partial charge in [0.1, 0.15) is 5.82 Å². The highest BCUT2D eigenvalue weighted by atomic mass is 35.5. The molecule has 1 fully saturated rings. The van der Waals surface area contributed by atoms with Gasteiger partial charge in [-0.25, -0.2) is 4.39 Å². The second kappa shape index (κ2) is 7.30. The van der Waals surface area contributed by atoms with Gasteiger partial charge in [-0.3, -0.25) is 4.90 Å². The lowest BCUT2D eigenvalue weighted by Gasteiger charge is -2.39. The Balaban J connectivity index is 1.60. The number of piperazine rings is 1. The first-order chi connectivity index (χ1) is 11.2. The molecule has 0 saturated carbocycles. The first-order valence-corrected chi connectivity index (χ1v) is 8.36. The molecular weight excluding hydrogens is 313 g/mol. The van der Waals surface area contributed by atoms with Gasteiger partial charge < -0.3 is 10.6 Å². The summed E-state index contributed by atoms with van der Waals surface area (Å²) < 4.78 is 13.0. The minimum Gasteiger partial charge on any atom is -0.369 e. The van der Waals surface area contributed by atoms with E-state index in [9.17, 15) is 4.39 Å². The predicted molar refractivity (Wildman–Crippen MR) is 93.1 cm³/mol. The molecule has 0 unspecified atom stereocenters. The quantitative estimate of drug-likeness (QED) is 0.871. The van der Waals surface area contributed by atoms with Crippen LogP contribution in [0.1, 0.15) is 17.3 Å². The lowest BCUT2D eigenvalue weighted by atomic mass is 10.1. The first kappa shape index (κ1) is 16.2. The van der Waals surface area contributed by atoms with Crippen LogP contribution in [-0.2, 0) is 5.88 Å². The Labute approximate surface area is 141 Å². The number of hydrogen-bond acceptors (Lipinski definition) is 3. The number of hydrogen-bond donors (Lipinski definition) is 1. The van der Waals surface area contributed by atoms with Crippen molar-refractivity contribution < 1.29 is 4.39 Å². The van der Waals surface area contributed by atoms with E-state index in [0.29, 0.717) is 5.88 Å². The molecule has 1 saturated heterocycles. The van der Waals surface area contributed by atoms with Crippen LogP contribution in [0.15, 0.2) is 48.5 Å². The predicted octanol–water partition coefficient (Wildman–Crippen LogP) is 3.34. The molecule has 3 nitrogen and oxygen atoms in total. The Morgan fingerprint density at radius 1 is 0.957 bits per heavy atom. The number of halogens is 2. The number of anilines is 1. The van der Waals surface area contributed by atoms with Crippen molar-refractivity contribution in [3.63, 3.8) is 0 Å². The Bertz CT molecular complexity index is 622. The second-order valence-electron chi connectivity index (χ2n) is 5.82. The summed E-state index contributed by atoms with van der Waals surface area (Å²) in [4.78, 5) is 4.54. The van der Waals surface area contributed by atoms with E-state index in [1.165, 1.54) is 12.1 Å². The van der Waals surface area contributed by atoms with E-state index >= 15 is 0 Å². The average Bonchev–Trinajstić information content (AvgIpc) is 2.62. The summed E-state index contributed by atoms with van der Waals surface area (Å²) in [7, 11) is 0. The molecule has 3 rings (SSSR count). The third-order valence-corrected chi connectivity index (χ3v) is 4.68. The molecule has 2 aromatic rings. The molecule has 0 radical (unpaired) electrons. The molecule has 2 aromatic carbocycles. The maximum absolute atomic E-state index is 13.0. The third-order valence-electron chi connectivity index (χ3n) is 4.37. The number of nitrogens with zero attached hydrogens (tertiary/aromatic N) is 2. The van der Waals surface area contributed by atoms with Crippen molar-refractivity contribution >= 4 is 17.3 Å². The highest BCUT2D eigenvalue weighted by molar-refractivity contribution is 6.17. The standard InChI is InChI=1S/C18H21ClFN3/c19-13-14-1-3-15(4-2-14)18(21)23-11-9-22(10-12-23)17-7-5-16(20)6-8-17/h1-8,18H,9-13,21H2/t18-/m1/s1. The van der Waals surface area contributed by atoms with Gasteiger partial charge in [0.05, 0.1) is 6.17 Å². The third kappa shape index (κ3) is 3.83. The number of alkyl halides is 1. The molecule has 0 spiro atoms. The van der Waals surface area contributed by atoms with Gasteiger partial charge in [0.15, 0.2) is 0 Å². The molecule has 1 aliphatic rings. The summed E-state index contributed by atoms with van der Waals surface area (Å²) >= 11 is 5.82. The van der Waals surface area contributed by atoms with E-state index in [2.05, 4.69) is 21.9 Å². The van der Waals surface area contributed by atoms with Crippen molar-refractivity contribution in [1.29, 1.82) is 0 Å². The molecule has 1 aliphatic heterocycles. The van der Waals surface area contributed by atoms with Crippen molar-refractivity contribution in [2.24, 2.45) is 5.73 Å². The van der Waals surface area contributed by atoms with Crippen LogP contribution in [0, 0.1) is 5.82 Å². The fraction of sp³-hybridized carbons (Fsp3) is 0.333. The largest absolute Gasteiger partial charge is 0.369 e. The van der Waals surface area contributed by atoms with Gasteiger partial charge in [-0.1, -0.05) is 24.3 Å². The zero-order chi connectivity index (χ0) is 16.2. The van der Waals surface area contributed by atoms with Crippen molar-refractivity contribution in [3.8, 4) is 0 Å². The SMILES string of the molecule is N[C@@H](c1ccc(CCl)cc1)N1CCN(c2ccc(F)cc2)CC1. The Hall–Kier alpha value is -1.62. The highest BCUT2D eigenvalue weighted by Gasteiger charge is 2.22. The van der Waals surface area contributed by atoms with Crippen LogP contribution in [0.4, 0.5) is 10.1 Å². The number of benzene rings is 2. The van der Waals surface area contributed by atoms with Crippen molar-refractivity contribution in [3.05, 3.63) is 65.5 Å². The number of nitrogens with two attached hydrogens (primary N) is 1. The summed E-state index contributed by atoms with van der Waals surface area (Å²) in [6.07, 6.45) is -0.102. The van der Waals surface area contributed by atoms with E-state index in [4.69, 9.17) is 17.3 Å². The molecule has 0 aliphatic carbocycles. The van der Waals surface area contributed by atoms with E-state index in [0.717, 1.165) is 43.0 Å². The van der Waals surface area contributed by atoms with Crippen LogP contribution in [0.3, 0.4) is 0 Å². The molecule has 1 heterocycles. The van der Waals surface area contributed by atoms with Crippen LogP contribution < -0.4 is 10.6 Å². The van der Waals surface area contributed by atoms with Gasteiger partial charge in [0, 0.05) is 37.7 Å². The Morgan fingerprint density at radius 3 is 2.13 bits per heavy atom. The van der Waals surface area contributed by atoms with E-state index in [1.807, 2.05) is 24.3 Å². The van der Waals surface area contributed by atoms with Gasteiger partial charge in [0.25, 0.3) is 0 Å². The van der Waals surface area contributed by atoms with Crippen molar-refractivity contribution in [2.45, 2.75) is 12.0 Å². The van der Waals surface area contributed by atoms with Crippen LogP contribution in [-0.4, -0.2) is 31.1 Å². The van der Waals surface area contributed by atoms with Gasteiger partial charge in [0.2, 0.25) is 0 Å². The average molecular weight is 334 g/mol. The zero-order valence-electron chi connectivity index (χ0n) is 13.0. The van der Waals surface area contributed by atoms with E-state index < -0.39 is 0 Å². The maximum Gasteiger partial charge on any atom is 0.123 e. The smallest absolute Gasteiger partial charge is 0.123 e. The van der Waals surface area contributed by atoms with Gasteiger partial charge >= 0.3 is 0 Å². The van der Waals surface area contributed by atoms with Gasteiger partial charge in [-0.05, 0) is 35.4 Å². The molecule has 2 N–H and O–H groups in total. The lowest BCUT2D eigenvalue weighted by molar-refractivity contribution is 0.190. The molecular formula is C18H21ClFN3. The summed E-state index contributed by atoms with van der Waals surface area (Å²) in [6, 6.07) is 14.8. The first-order valence-electron chi connectivity index (χ1n) is 7.82. The van der Waals surface area contributed by atoms with Crippen LogP contribution in [0.2, 0.25) is 0 Å². The van der Waals surface area contributed by atoms with E-state index in [1.54, 1.807) is 0 Å². The molecule has 0 aromatic heterocycles. The summed E-state index contributed by atoms with van der Waals surface area (Å²) in [5, 5.41) is 0. The minimum atomic E-state index is -0.199. The monoisotopic (exact) mass is 333 g/mol. The summed E-state index contributed by atoms with van der Waals surface area (Å²) in [5.74, 6) is 0.320. The zero-order valence-corrected chi connectivity index (χ0v) is 13.7. The van der Waals surface area contributed by atoms with Gasteiger partial charge in [-0.15, -0.1) is 11.6 Å². The molecule has 0 amide bonds. The van der Waals surface area contributed by atoms with E-state index in [-0.39, 0.29) is 12.0 Å². The maximum atomic E-state index is 13.0. The molecule has 122 valence electrons. The number of rotatable bonds is 4. The molecule has 0 bridgehead atoms. The highest BCUT2D eigenvalue weighted by Crippen LogP contribution is 2.21. The summed E-state index contributed by atoms with van der Waals surface area (Å²) in [5.41, 5.74) is 9.66. The lowest BCUT2D eigenvalue weighted by Crippen LogP contribution is -2.49.